The molecule has 2 heterocycles. The molecule has 0 fully saturated rings. The van der Waals surface area contributed by atoms with Crippen LogP contribution in [0.3, 0.4) is 0 Å². The van der Waals surface area contributed by atoms with Gasteiger partial charge in [0.25, 0.3) is 5.56 Å². The Bertz CT molecular complexity index is 931. The summed E-state index contributed by atoms with van der Waals surface area (Å²) >= 11 is 0. The molecule has 3 aromatic rings. The Morgan fingerprint density at radius 3 is 2.65 bits per heavy atom. The number of para-hydroxylation sites is 1. The maximum atomic E-state index is 12.8. The molecule has 0 aliphatic heterocycles. The van der Waals surface area contributed by atoms with Gasteiger partial charge in [-0.15, -0.1) is 0 Å². The van der Waals surface area contributed by atoms with Gasteiger partial charge in [0, 0.05) is 18.9 Å². The normalized spacial score (nSPS) is 11.2. The molecule has 0 atom stereocenters. The third-order valence-electron chi connectivity index (χ3n) is 3.73. The standard InChI is InChI=1S/C17H17N5O/c1-12-7-6-10-22-15(12)20-16(14(11-19-18)17(22)23)21(2)13-8-4-3-5-9-13/h3-11H,18H2,1-2H3/b19-11+. The fourth-order valence-corrected chi connectivity index (χ4v) is 2.52. The highest BCUT2D eigenvalue weighted by Gasteiger charge is 2.16. The molecule has 0 unspecified atom stereocenters. The average Bonchev–Trinajstić information content (AvgIpc) is 2.58. The van der Waals surface area contributed by atoms with E-state index in [1.165, 1.54) is 10.6 Å². The van der Waals surface area contributed by atoms with Gasteiger partial charge in [0.1, 0.15) is 17.0 Å². The molecule has 23 heavy (non-hydrogen) atoms. The largest absolute Gasteiger partial charge is 0.329 e. The summed E-state index contributed by atoms with van der Waals surface area (Å²) in [6, 6.07) is 13.4. The van der Waals surface area contributed by atoms with Gasteiger partial charge >= 0.3 is 0 Å². The Balaban J connectivity index is 2.33. The van der Waals surface area contributed by atoms with Gasteiger partial charge in [-0.25, -0.2) is 4.98 Å². The van der Waals surface area contributed by atoms with Crippen LogP contribution in [0.4, 0.5) is 11.5 Å². The maximum Gasteiger partial charge on any atom is 0.268 e. The van der Waals surface area contributed by atoms with Gasteiger partial charge < -0.3 is 10.7 Å². The predicted octanol–water partition coefficient (Wildman–Crippen LogP) is 2.06. The molecular formula is C17H17N5O. The lowest BCUT2D eigenvalue weighted by molar-refractivity contribution is 1.00. The highest BCUT2D eigenvalue weighted by atomic mass is 16.1. The van der Waals surface area contributed by atoms with Crippen LogP contribution in [-0.4, -0.2) is 22.6 Å². The lowest BCUT2D eigenvalue weighted by Crippen LogP contribution is -2.25. The van der Waals surface area contributed by atoms with Crippen molar-refractivity contribution in [3.8, 4) is 0 Å². The molecule has 0 radical (unpaired) electrons. The van der Waals surface area contributed by atoms with Gasteiger partial charge in [-0.2, -0.15) is 5.10 Å². The van der Waals surface area contributed by atoms with Crippen LogP contribution in [0.2, 0.25) is 0 Å². The van der Waals surface area contributed by atoms with Gasteiger partial charge in [0.2, 0.25) is 0 Å². The van der Waals surface area contributed by atoms with Crippen molar-refractivity contribution in [2.75, 3.05) is 11.9 Å². The van der Waals surface area contributed by atoms with Crippen LogP contribution in [0.25, 0.3) is 5.65 Å². The molecule has 0 saturated carbocycles. The summed E-state index contributed by atoms with van der Waals surface area (Å²) in [5.41, 5.74) is 2.60. The van der Waals surface area contributed by atoms with E-state index in [9.17, 15) is 4.79 Å². The number of hydrogen-bond donors (Lipinski definition) is 1. The second-order valence-corrected chi connectivity index (χ2v) is 5.21. The van der Waals surface area contributed by atoms with Crippen molar-refractivity contribution in [1.29, 1.82) is 0 Å². The molecule has 0 spiro atoms. The number of hydrazone groups is 1. The third kappa shape index (κ3) is 2.55. The molecule has 0 aliphatic rings. The topological polar surface area (TPSA) is 76.0 Å². The maximum absolute atomic E-state index is 12.8. The summed E-state index contributed by atoms with van der Waals surface area (Å²) in [7, 11) is 1.86. The van der Waals surface area contributed by atoms with E-state index in [0.29, 0.717) is 17.0 Å². The first-order chi connectivity index (χ1) is 11.1. The first kappa shape index (κ1) is 14.8. The van der Waals surface area contributed by atoms with E-state index in [4.69, 9.17) is 5.84 Å². The monoisotopic (exact) mass is 307 g/mol. The Morgan fingerprint density at radius 2 is 1.96 bits per heavy atom. The first-order valence-electron chi connectivity index (χ1n) is 7.17. The summed E-state index contributed by atoms with van der Waals surface area (Å²) in [5.74, 6) is 5.80. The molecule has 0 aliphatic carbocycles. The van der Waals surface area contributed by atoms with Crippen molar-refractivity contribution in [1.82, 2.24) is 9.38 Å². The van der Waals surface area contributed by atoms with Gasteiger partial charge in [-0.05, 0) is 30.7 Å². The molecular weight excluding hydrogens is 290 g/mol. The summed E-state index contributed by atoms with van der Waals surface area (Å²) < 4.78 is 1.51. The van der Waals surface area contributed by atoms with Crippen LogP contribution < -0.4 is 16.3 Å². The second kappa shape index (κ2) is 5.92. The molecule has 6 nitrogen and oxygen atoms in total. The van der Waals surface area contributed by atoms with Crippen LogP contribution in [0.15, 0.2) is 58.6 Å². The van der Waals surface area contributed by atoms with E-state index in [0.717, 1.165) is 11.3 Å². The average molecular weight is 307 g/mol. The molecule has 0 saturated heterocycles. The number of aryl methyl sites for hydroxylation is 1. The number of pyridine rings is 1. The van der Waals surface area contributed by atoms with Crippen molar-refractivity contribution < 1.29 is 0 Å². The van der Waals surface area contributed by atoms with Crippen LogP contribution in [0.1, 0.15) is 11.1 Å². The third-order valence-corrected chi connectivity index (χ3v) is 3.73. The number of anilines is 2. The number of nitrogens with two attached hydrogens (primary N) is 1. The zero-order valence-electron chi connectivity index (χ0n) is 13.0. The van der Waals surface area contributed by atoms with Crippen LogP contribution in [0, 0.1) is 6.92 Å². The van der Waals surface area contributed by atoms with Crippen molar-refractivity contribution in [2.24, 2.45) is 10.9 Å². The summed E-state index contributed by atoms with van der Waals surface area (Å²) in [5, 5.41) is 3.53. The van der Waals surface area contributed by atoms with Crippen LogP contribution in [-0.2, 0) is 0 Å². The Hall–Kier alpha value is -3.15. The number of nitrogens with zero attached hydrogens (tertiary/aromatic N) is 4. The lowest BCUT2D eigenvalue weighted by Gasteiger charge is -2.20. The van der Waals surface area contributed by atoms with Gasteiger partial charge in [-0.1, -0.05) is 24.3 Å². The SMILES string of the molecule is Cc1cccn2c(=O)c(/C=N/N)c(N(C)c3ccccc3)nc12. The smallest absolute Gasteiger partial charge is 0.268 e. The molecule has 116 valence electrons. The Labute approximate surface area is 133 Å². The second-order valence-electron chi connectivity index (χ2n) is 5.21. The summed E-state index contributed by atoms with van der Waals surface area (Å²) in [6.07, 6.45) is 3.04. The fraction of sp³-hybridized carbons (Fsp3) is 0.118. The lowest BCUT2D eigenvalue weighted by atomic mass is 10.2. The predicted molar refractivity (Wildman–Crippen MR) is 92.5 cm³/mol. The molecule has 0 bridgehead atoms. The van der Waals surface area contributed by atoms with E-state index in [1.54, 1.807) is 6.20 Å². The van der Waals surface area contributed by atoms with Crippen LogP contribution in [0.5, 0.6) is 0 Å². The molecule has 2 aromatic heterocycles. The van der Waals surface area contributed by atoms with E-state index in [2.05, 4.69) is 10.1 Å². The fourth-order valence-electron chi connectivity index (χ4n) is 2.52. The van der Waals surface area contributed by atoms with E-state index >= 15 is 0 Å². The molecule has 0 amide bonds. The number of fused-ring (bicyclic) bond motifs is 1. The molecule has 2 N–H and O–H groups in total. The first-order valence-corrected chi connectivity index (χ1v) is 7.17. The number of rotatable bonds is 3. The molecule has 6 heteroatoms. The molecule has 1 aromatic carbocycles. The highest BCUT2D eigenvalue weighted by molar-refractivity contribution is 5.88. The van der Waals surface area contributed by atoms with Crippen molar-refractivity contribution in [3.63, 3.8) is 0 Å². The number of hydrogen-bond acceptors (Lipinski definition) is 5. The van der Waals surface area contributed by atoms with Crippen LogP contribution >= 0.6 is 0 Å². The van der Waals surface area contributed by atoms with E-state index < -0.39 is 0 Å². The minimum Gasteiger partial charge on any atom is -0.329 e. The van der Waals surface area contributed by atoms with E-state index in [1.807, 2.05) is 61.3 Å². The Morgan fingerprint density at radius 1 is 1.22 bits per heavy atom. The zero-order chi connectivity index (χ0) is 16.4. The number of benzene rings is 1. The Kier molecular flexibility index (Phi) is 3.80. The summed E-state index contributed by atoms with van der Waals surface area (Å²) in [6.45, 7) is 1.92. The highest BCUT2D eigenvalue weighted by Crippen LogP contribution is 2.23. The van der Waals surface area contributed by atoms with Gasteiger partial charge in [0.05, 0.1) is 6.21 Å². The minimum absolute atomic E-state index is 0.203. The zero-order valence-corrected chi connectivity index (χ0v) is 13.0. The van der Waals surface area contributed by atoms with Crippen molar-refractivity contribution in [3.05, 3.63) is 70.1 Å². The van der Waals surface area contributed by atoms with Gasteiger partial charge in [0.15, 0.2) is 0 Å². The van der Waals surface area contributed by atoms with Crippen molar-refractivity contribution >= 4 is 23.4 Å². The van der Waals surface area contributed by atoms with Gasteiger partial charge in [-0.3, -0.25) is 9.20 Å². The minimum atomic E-state index is -0.203. The quantitative estimate of drug-likeness (QED) is 0.456. The van der Waals surface area contributed by atoms with Crippen molar-refractivity contribution in [2.45, 2.75) is 6.92 Å². The van der Waals surface area contributed by atoms with E-state index in [-0.39, 0.29) is 5.56 Å². The summed E-state index contributed by atoms with van der Waals surface area (Å²) in [4.78, 5) is 19.3. The molecule has 3 rings (SSSR count). The number of aromatic nitrogens is 2.